The lowest BCUT2D eigenvalue weighted by Crippen LogP contribution is -2.49. The Morgan fingerprint density at radius 2 is 1.67 bits per heavy atom. The average Bonchev–Trinajstić information content (AvgIpc) is 3.06. The van der Waals surface area contributed by atoms with E-state index in [2.05, 4.69) is 17.0 Å². The van der Waals surface area contributed by atoms with Gasteiger partial charge in [-0.3, -0.25) is 9.59 Å². The number of hydrogen-bond acceptors (Lipinski definition) is 4. The van der Waals surface area contributed by atoms with Crippen LogP contribution in [0.4, 0.5) is 11.4 Å². The molecule has 156 valence electrons. The molecule has 4 rings (SSSR count). The van der Waals surface area contributed by atoms with Crippen molar-refractivity contribution >= 4 is 29.3 Å². The topological polar surface area (TPSA) is 75.9 Å². The van der Waals surface area contributed by atoms with Crippen molar-refractivity contribution in [3.8, 4) is 5.75 Å². The smallest absolute Gasteiger partial charge is 0.260 e. The van der Waals surface area contributed by atoms with Gasteiger partial charge in [-0.25, -0.2) is 0 Å². The van der Waals surface area contributed by atoms with Crippen molar-refractivity contribution in [2.45, 2.75) is 31.8 Å². The Morgan fingerprint density at radius 3 is 2.37 bits per heavy atom. The minimum absolute atomic E-state index is 0.101. The maximum Gasteiger partial charge on any atom is 0.260 e. The molecule has 2 aliphatic heterocycles. The molecule has 1 atom stereocenters. The number of rotatable bonds is 4. The molecule has 2 N–H and O–H groups in total. The third-order valence-electron chi connectivity index (χ3n) is 5.64. The Hall–Kier alpha value is -3.28. The molecule has 0 aromatic heterocycles. The lowest BCUT2D eigenvalue weighted by Gasteiger charge is -2.32. The highest BCUT2D eigenvalue weighted by Gasteiger charge is 2.31. The van der Waals surface area contributed by atoms with E-state index in [9.17, 15) is 9.59 Å². The van der Waals surface area contributed by atoms with Crippen LogP contribution in [0.3, 0.4) is 0 Å². The first-order chi connectivity index (χ1) is 14.6. The SMILES string of the molecule is NC(=O)C1CN(C(=O)C=Cc2ccc(N3CCCCCC3)cc2)c2ccccc2O1. The molecule has 0 radical (unpaired) electrons. The van der Waals surface area contributed by atoms with Gasteiger partial charge in [-0.15, -0.1) is 0 Å². The number of ether oxygens (including phenoxy) is 1. The van der Waals surface area contributed by atoms with Gasteiger partial charge in [0.25, 0.3) is 11.8 Å². The summed E-state index contributed by atoms with van der Waals surface area (Å²) in [5.74, 6) is -0.319. The molecular formula is C24H27N3O3. The van der Waals surface area contributed by atoms with E-state index in [1.165, 1.54) is 42.3 Å². The number of nitrogens with two attached hydrogens (primary N) is 1. The summed E-state index contributed by atoms with van der Waals surface area (Å²) in [4.78, 5) is 28.5. The summed E-state index contributed by atoms with van der Waals surface area (Å²) < 4.78 is 5.62. The second-order valence-electron chi connectivity index (χ2n) is 7.75. The van der Waals surface area contributed by atoms with Crippen molar-refractivity contribution in [2.24, 2.45) is 5.73 Å². The van der Waals surface area contributed by atoms with Crippen molar-refractivity contribution in [1.29, 1.82) is 0 Å². The average molecular weight is 405 g/mol. The van der Waals surface area contributed by atoms with Crippen molar-refractivity contribution in [1.82, 2.24) is 0 Å². The largest absolute Gasteiger partial charge is 0.477 e. The van der Waals surface area contributed by atoms with Gasteiger partial charge in [-0.1, -0.05) is 37.1 Å². The van der Waals surface area contributed by atoms with Crippen LogP contribution in [-0.2, 0) is 9.59 Å². The fourth-order valence-electron chi connectivity index (χ4n) is 3.97. The molecule has 0 aliphatic carbocycles. The van der Waals surface area contributed by atoms with Crippen molar-refractivity contribution in [2.75, 3.05) is 29.4 Å². The lowest BCUT2D eigenvalue weighted by molar-refractivity contribution is -0.125. The van der Waals surface area contributed by atoms with E-state index >= 15 is 0 Å². The van der Waals surface area contributed by atoms with E-state index in [1.54, 1.807) is 24.3 Å². The maximum atomic E-state index is 12.9. The zero-order valence-corrected chi connectivity index (χ0v) is 17.0. The number of amides is 2. The van der Waals surface area contributed by atoms with Crippen LogP contribution >= 0.6 is 0 Å². The molecule has 0 saturated carbocycles. The zero-order chi connectivity index (χ0) is 20.9. The van der Waals surface area contributed by atoms with E-state index in [4.69, 9.17) is 10.5 Å². The van der Waals surface area contributed by atoms with E-state index in [0.29, 0.717) is 11.4 Å². The number of para-hydroxylation sites is 2. The number of anilines is 2. The van der Waals surface area contributed by atoms with Gasteiger partial charge in [0, 0.05) is 24.9 Å². The van der Waals surface area contributed by atoms with Crippen LogP contribution in [0.5, 0.6) is 5.75 Å². The minimum Gasteiger partial charge on any atom is -0.477 e. The number of carbonyl (C=O) groups is 2. The third kappa shape index (κ3) is 4.48. The molecule has 0 spiro atoms. The molecule has 30 heavy (non-hydrogen) atoms. The summed E-state index contributed by atoms with van der Waals surface area (Å²) >= 11 is 0. The molecule has 6 heteroatoms. The van der Waals surface area contributed by atoms with Crippen LogP contribution in [0.15, 0.2) is 54.6 Å². The number of nitrogens with zero attached hydrogens (tertiary/aromatic N) is 2. The van der Waals surface area contributed by atoms with Crippen molar-refractivity contribution in [3.05, 3.63) is 60.2 Å². The molecule has 6 nitrogen and oxygen atoms in total. The van der Waals surface area contributed by atoms with Crippen molar-refractivity contribution in [3.63, 3.8) is 0 Å². The second-order valence-corrected chi connectivity index (χ2v) is 7.75. The van der Waals surface area contributed by atoms with Gasteiger partial charge >= 0.3 is 0 Å². The molecular weight excluding hydrogens is 378 g/mol. The van der Waals surface area contributed by atoms with Crippen LogP contribution in [0, 0.1) is 0 Å². The Labute approximate surface area is 176 Å². The molecule has 1 unspecified atom stereocenters. The quantitative estimate of drug-likeness (QED) is 0.792. The molecule has 1 saturated heterocycles. The normalized spacial score (nSPS) is 19.1. The second kappa shape index (κ2) is 9.03. The molecule has 2 amide bonds. The summed E-state index contributed by atoms with van der Waals surface area (Å²) in [6.07, 6.45) is 7.56. The van der Waals surface area contributed by atoms with E-state index in [-0.39, 0.29) is 12.5 Å². The van der Waals surface area contributed by atoms with Gasteiger partial charge in [0.2, 0.25) is 0 Å². The summed E-state index contributed by atoms with van der Waals surface area (Å²) in [7, 11) is 0. The molecule has 2 aromatic rings. The van der Waals surface area contributed by atoms with Crippen LogP contribution in [-0.4, -0.2) is 37.6 Å². The Bertz CT molecular complexity index is 931. The zero-order valence-electron chi connectivity index (χ0n) is 17.0. The molecule has 2 aromatic carbocycles. The van der Waals surface area contributed by atoms with Crippen LogP contribution in [0.25, 0.3) is 6.08 Å². The maximum absolute atomic E-state index is 12.9. The van der Waals surface area contributed by atoms with Crippen LogP contribution in [0.1, 0.15) is 31.2 Å². The van der Waals surface area contributed by atoms with Crippen LogP contribution in [0.2, 0.25) is 0 Å². The number of benzene rings is 2. The first kappa shape index (κ1) is 20.0. The molecule has 2 aliphatic rings. The summed E-state index contributed by atoms with van der Waals surface area (Å²) in [6, 6.07) is 15.5. The number of primary amides is 1. The highest BCUT2D eigenvalue weighted by atomic mass is 16.5. The van der Waals surface area contributed by atoms with Gasteiger partial charge in [-0.05, 0) is 48.7 Å². The van der Waals surface area contributed by atoms with Crippen LogP contribution < -0.4 is 20.3 Å². The summed E-state index contributed by atoms with van der Waals surface area (Å²) in [5, 5.41) is 0. The number of fused-ring (bicyclic) bond motifs is 1. The van der Waals surface area contributed by atoms with E-state index in [1.807, 2.05) is 18.2 Å². The van der Waals surface area contributed by atoms with Gasteiger partial charge in [0.05, 0.1) is 12.2 Å². The third-order valence-corrected chi connectivity index (χ3v) is 5.64. The van der Waals surface area contributed by atoms with Gasteiger partial charge in [-0.2, -0.15) is 0 Å². The molecule has 0 bridgehead atoms. The Morgan fingerprint density at radius 1 is 0.967 bits per heavy atom. The fraction of sp³-hybridized carbons (Fsp3) is 0.333. The van der Waals surface area contributed by atoms with E-state index < -0.39 is 12.0 Å². The molecule has 2 heterocycles. The van der Waals surface area contributed by atoms with Gasteiger partial charge in [0.15, 0.2) is 6.10 Å². The summed E-state index contributed by atoms with van der Waals surface area (Å²) in [6.45, 7) is 2.31. The highest BCUT2D eigenvalue weighted by Crippen LogP contribution is 2.33. The number of carbonyl (C=O) groups excluding carboxylic acids is 2. The molecule has 1 fully saturated rings. The van der Waals surface area contributed by atoms with Gasteiger partial charge in [0.1, 0.15) is 5.75 Å². The fourth-order valence-corrected chi connectivity index (χ4v) is 3.97. The predicted octanol–water partition coefficient (Wildman–Crippen LogP) is 3.36. The Kier molecular flexibility index (Phi) is 6.02. The Balaban J connectivity index is 1.47. The monoisotopic (exact) mass is 405 g/mol. The highest BCUT2D eigenvalue weighted by molar-refractivity contribution is 6.05. The standard InChI is InChI=1S/C24H27N3O3/c25-24(29)22-17-27(20-7-3-4-8-21(20)30-22)23(28)14-11-18-9-12-19(13-10-18)26-15-5-1-2-6-16-26/h3-4,7-14,22H,1-2,5-6,15-17H2,(H2,25,29). The first-order valence-corrected chi connectivity index (χ1v) is 10.5. The lowest BCUT2D eigenvalue weighted by atomic mass is 10.1. The number of hydrogen-bond donors (Lipinski definition) is 1. The first-order valence-electron chi connectivity index (χ1n) is 10.5. The van der Waals surface area contributed by atoms with Crippen molar-refractivity contribution < 1.29 is 14.3 Å². The van der Waals surface area contributed by atoms with E-state index in [0.717, 1.165) is 18.7 Å². The minimum atomic E-state index is -0.856. The van der Waals surface area contributed by atoms with Gasteiger partial charge < -0.3 is 20.3 Å². The summed E-state index contributed by atoms with van der Waals surface area (Å²) in [5.41, 5.74) is 8.24. The predicted molar refractivity (Wildman–Crippen MR) is 119 cm³/mol.